The summed E-state index contributed by atoms with van der Waals surface area (Å²) in [6.07, 6.45) is 3.09. The maximum Gasteiger partial charge on any atom is 0.298 e. The number of anilines is 1. The van der Waals surface area contributed by atoms with Crippen molar-refractivity contribution in [2.24, 2.45) is 0 Å². The van der Waals surface area contributed by atoms with Crippen LogP contribution in [0.4, 0.5) is 9.52 Å². The van der Waals surface area contributed by atoms with Crippen molar-refractivity contribution in [3.8, 4) is 0 Å². The van der Waals surface area contributed by atoms with Crippen LogP contribution in [-0.4, -0.2) is 43.4 Å². The largest absolute Gasteiger partial charge is 0.494 e. The van der Waals surface area contributed by atoms with Crippen LogP contribution >= 0.6 is 11.3 Å². The van der Waals surface area contributed by atoms with Gasteiger partial charge in [0.05, 0.1) is 17.3 Å². The highest BCUT2D eigenvalue weighted by molar-refractivity contribution is 7.22. The second-order valence-electron chi connectivity index (χ2n) is 5.84. The molecule has 0 aliphatic carbocycles. The van der Waals surface area contributed by atoms with Gasteiger partial charge in [-0.25, -0.2) is 9.37 Å². The van der Waals surface area contributed by atoms with E-state index in [4.69, 9.17) is 14.2 Å². The minimum Gasteiger partial charge on any atom is -0.494 e. The topological polar surface area (TPSA) is 60.9 Å². The van der Waals surface area contributed by atoms with Crippen LogP contribution in [0.25, 0.3) is 10.2 Å². The number of carbonyl (C=O) groups excluding carboxylic acids is 1. The van der Waals surface area contributed by atoms with E-state index in [9.17, 15) is 9.18 Å². The Bertz CT molecular complexity index is 816. The number of hydrogen-bond acceptors (Lipinski definition) is 6. The number of amides is 1. The zero-order valence-corrected chi connectivity index (χ0v) is 14.3. The molecule has 8 heteroatoms. The molecule has 6 nitrogen and oxygen atoms in total. The van der Waals surface area contributed by atoms with Gasteiger partial charge in [0.15, 0.2) is 5.13 Å². The number of para-hydroxylation sites is 1. The standard InChI is InChI=1S/C17H17FN2O4S/c18-12-4-1-5-14-15(12)19-17(25-14)20(9-11-3-2-6-23-11)16(21)13-10-22-7-8-24-13/h1,4-5,10-11H,2-3,6-9H2. The molecule has 1 fully saturated rings. The summed E-state index contributed by atoms with van der Waals surface area (Å²) in [6, 6.07) is 4.78. The van der Waals surface area contributed by atoms with Gasteiger partial charge >= 0.3 is 0 Å². The quantitative estimate of drug-likeness (QED) is 0.835. The van der Waals surface area contributed by atoms with E-state index in [2.05, 4.69) is 4.98 Å². The summed E-state index contributed by atoms with van der Waals surface area (Å²) in [6.45, 7) is 1.76. The Morgan fingerprint density at radius 3 is 3.00 bits per heavy atom. The van der Waals surface area contributed by atoms with Gasteiger partial charge in [-0.1, -0.05) is 17.4 Å². The molecule has 132 valence electrons. The van der Waals surface area contributed by atoms with Crippen LogP contribution in [0.15, 0.2) is 30.2 Å². The molecule has 3 heterocycles. The minimum absolute atomic E-state index is 0.0640. The van der Waals surface area contributed by atoms with Crippen molar-refractivity contribution < 1.29 is 23.4 Å². The molecule has 0 radical (unpaired) electrons. The second-order valence-corrected chi connectivity index (χ2v) is 6.84. The van der Waals surface area contributed by atoms with E-state index in [0.717, 1.165) is 12.8 Å². The number of benzene rings is 1. The van der Waals surface area contributed by atoms with Crippen LogP contribution in [0.5, 0.6) is 0 Å². The number of hydrogen-bond donors (Lipinski definition) is 0. The minimum atomic E-state index is -0.402. The number of fused-ring (bicyclic) bond motifs is 1. The number of rotatable bonds is 4. The van der Waals surface area contributed by atoms with Crippen LogP contribution in [0.1, 0.15) is 12.8 Å². The first-order valence-electron chi connectivity index (χ1n) is 8.15. The maximum absolute atomic E-state index is 14.0. The molecule has 4 rings (SSSR count). The van der Waals surface area contributed by atoms with E-state index < -0.39 is 5.82 Å². The van der Waals surface area contributed by atoms with Crippen molar-refractivity contribution in [2.45, 2.75) is 18.9 Å². The SMILES string of the molecule is O=C(C1=COCCO1)N(CC1CCCO1)c1nc2c(F)cccc2s1. The molecule has 0 spiro atoms. The number of thiazole rings is 1. The number of nitrogens with zero attached hydrogens (tertiary/aromatic N) is 2. The van der Waals surface area contributed by atoms with Crippen molar-refractivity contribution >= 4 is 32.6 Å². The Hall–Kier alpha value is -2.19. The van der Waals surface area contributed by atoms with E-state index in [1.165, 1.54) is 28.6 Å². The molecule has 1 saturated heterocycles. The summed E-state index contributed by atoms with van der Waals surface area (Å²) in [4.78, 5) is 18.8. The van der Waals surface area contributed by atoms with Crippen molar-refractivity contribution in [3.05, 3.63) is 36.0 Å². The Kier molecular flexibility index (Phi) is 4.54. The maximum atomic E-state index is 14.0. The van der Waals surface area contributed by atoms with E-state index in [1.54, 1.807) is 12.1 Å². The lowest BCUT2D eigenvalue weighted by Crippen LogP contribution is -2.39. The average Bonchev–Trinajstić information content (AvgIpc) is 3.30. The summed E-state index contributed by atoms with van der Waals surface area (Å²) in [7, 11) is 0. The van der Waals surface area contributed by atoms with E-state index in [-0.39, 0.29) is 23.3 Å². The molecular formula is C17H17FN2O4S. The molecule has 1 amide bonds. The van der Waals surface area contributed by atoms with Crippen LogP contribution in [-0.2, 0) is 19.0 Å². The lowest BCUT2D eigenvalue weighted by atomic mass is 10.2. The van der Waals surface area contributed by atoms with Crippen LogP contribution in [0.3, 0.4) is 0 Å². The van der Waals surface area contributed by atoms with Gasteiger partial charge in [0.1, 0.15) is 30.8 Å². The van der Waals surface area contributed by atoms with Gasteiger partial charge in [0.2, 0.25) is 5.76 Å². The second kappa shape index (κ2) is 6.97. The first kappa shape index (κ1) is 16.3. The third-order valence-electron chi connectivity index (χ3n) is 4.10. The molecule has 0 bridgehead atoms. The normalized spacial score (nSPS) is 20.0. The highest BCUT2D eigenvalue weighted by Crippen LogP contribution is 2.32. The monoisotopic (exact) mass is 364 g/mol. The van der Waals surface area contributed by atoms with Gasteiger partial charge in [0.25, 0.3) is 5.91 Å². The summed E-state index contributed by atoms with van der Waals surface area (Å²) in [5, 5.41) is 0.427. The Morgan fingerprint density at radius 1 is 1.36 bits per heavy atom. The number of ether oxygens (including phenoxy) is 3. The fraction of sp³-hybridized carbons (Fsp3) is 0.412. The van der Waals surface area contributed by atoms with Crippen LogP contribution in [0, 0.1) is 5.82 Å². The van der Waals surface area contributed by atoms with Crippen molar-refractivity contribution in [2.75, 3.05) is 31.3 Å². The average molecular weight is 364 g/mol. The summed E-state index contributed by atoms with van der Waals surface area (Å²) in [5.41, 5.74) is 0.266. The Labute approximate surface area is 147 Å². The third kappa shape index (κ3) is 3.32. The van der Waals surface area contributed by atoms with E-state index in [0.29, 0.717) is 36.2 Å². The van der Waals surface area contributed by atoms with Crippen molar-refractivity contribution in [3.63, 3.8) is 0 Å². The number of carbonyl (C=O) groups is 1. The predicted molar refractivity (Wildman–Crippen MR) is 90.9 cm³/mol. The lowest BCUT2D eigenvalue weighted by Gasteiger charge is -2.25. The van der Waals surface area contributed by atoms with Crippen LogP contribution in [0.2, 0.25) is 0 Å². The van der Waals surface area contributed by atoms with Crippen molar-refractivity contribution in [1.82, 2.24) is 4.98 Å². The van der Waals surface area contributed by atoms with E-state index in [1.807, 2.05) is 0 Å². The van der Waals surface area contributed by atoms with Gasteiger partial charge in [-0.2, -0.15) is 0 Å². The molecule has 2 aromatic rings. The Morgan fingerprint density at radius 2 is 2.28 bits per heavy atom. The van der Waals surface area contributed by atoms with Gasteiger partial charge < -0.3 is 14.2 Å². The molecule has 25 heavy (non-hydrogen) atoms. The summed E-state index contributed by atoms with van der Waals surface area (Å²) >= 11 is 1.27. The highest BCUT2D eigenvalue weighted by Gasteiger charge is 2.30. The lowest BCUT2D eigenvalue weighted by molar-refractivity contribution is -0.120. The molecule has 1 atom stereocenters. The predicted octanol–water partition coefficient (Wildman–Crippen LogP) is 2.84. The highest BCUT2D eigenvalue weighted by atomic mass is 32.1. The first-order valence-corrected chi connectivity index (χ1v) is 8.97. The molecule has 2 aliphatic heterocycles. The fourth-order valence-corrected chi connectivity index (χ4v) is 3.86. The van der Waals surface area contributed by atoms with Gasteiger partial charge in [0, 0.05) is 6.61 Å². The molecule has 2 aliphatic rings. The van der Waals surface area contributed by atoms with Gasteiger partial charge in [-0.15, -0.1) is 0 Å². The van der Waals surface area contributed by atoms with Gasteiger partial charge in [-0.05, 0) is 25.0 Å². The summed E-state index contributed by atoms with van der Waals surface area (Å²) < 4.78 is 30.9. The summed E-state index contributed by atoms with van der Waals surface area (Å²) in [5.74, 6) is -0.625. The number of aromatic nitrogens is 1. The van der Waals surface area contributed by atoms with Gasteiger partial charge in [-0.3, -0.25) is 9.69 Å². The van der Waals surface area contributed by atoms with Crippen LogP contribution < -0.4 is 4.90 Å². The van der Waals surface area contributed by atoms with E-state index >= 15 is 0 Å². The third-order valence-corrected chi connectivity index (χ3v) is 5.15. The zero-order chi connectivity index (χ0) is 17.2. The molecule has 1 aromatic heterocycles. The van der Waals surface area contributed by atoms with Crippen molar-refractivity contribution in [1.29, 1.82) is 0 Å². The number of halogens is 1. The fourth-order valence-electron chi connectivity index (χ4n) is 2.87. The Balaban J connectivity index is 1.68. The molecule has 1 unspecified atom stereocenters. The molecular weight excluding hydrogens is 347 g/mol. The molecule has 1 aromatic carbocycles. The molecule has 0 saturated carbocycles. The first-order chi connectivity index (χ1) is 12.2. The molecule has 0 N–H and O–H groups in total. The smallest absolute Gasteiger partial charge is 0.298 e. The zero-order valence-electron chi connectivity index (χ0n) is 13.4.